The average molecular weight is 296 g/mol. The molecule has 0 N–H and O–H groups in total. The van der Waals surface area contributed by atoms with Crippen LogP contribution in [0.3, 0.4) is 0 Å². The smallest absolute Gasteiger partial charge is 0.0154 e. The van der Waals surface area contributed by atoms with Crippen molar-refractivity contribution in [3.05, 3.63) is 5.92 Å². The molecule has 0 aromatic heterocycles. The average Bonchev–Trinajstić information content (AvgIpc) is 2.48. The molecule has 0 aliphatic carbocycles. The lowest BCUT2D eigenvalue weighted by molar-refractivity contribution is 0.254. The SMILES string of the molecule is CCCCC[C](C(CCCC)CCCCC)C(C)(C)CC. The number of rotatable bonds is 14. The molecule has 0 aliphatic heterocycles. The lowest BCUT2D eigenvalue weighted by atomic mass is 9.65. The van der Waals surface area contributed by atoms with Gasteiger partial charge in [-0.3, -0.25) is 0 Å². The summed E-state index contributed by atoms with van der Waals surface area (Å²) in [6.07, 6.45) is 16.7. The van der Waals surface area contributed by atoms with Gasteiger partial charge in [0.1, 0.15) is 0 Å². The van der Waals surface area contributed by atoms with Gasteiger partial charge in [-0.05, 0) is 36.5 Å². The second-order valence-corrected chi connectivity index (χ2v) is 7.55. The zero-order valence-electron chi connectivity index (χ0n) is 16.1. The lowest BCUT2D eigenvalue weighted by Crippen LogP contribution is -2.28. The Labute approximate surface area is 136 Å². The summed E-state index contributed by atoms with van der Waals surface area (Å²) in [5, 5.41) is 0. The fourth-order valence-electron chi connectivity index (χ4n) is 3.47. The monoisotopic (exact) mass is 295 g/mol. The summed E-state index contributed by atoms with van der Waals surface area (Å²) in [6.45, 7) is 14.3. The first kappa shape index (κ1) is 21.0. The van der Waals surface area contributed by atoms with Crippen LogP contribution in [-0.4, -0.2) is 0 Å². The third kappa shape index (κ3) is 8.89. The summed E-state index contributed by atoms with van der Waals surface area (Å²) >= 11 is 0. The second kappa shape index (κ2) is 12.5. The Hall–Kier alpha value is 0. The molecular weight excluding hydrogens is 252 g/mol. The van der Waals surface area contributed by atoms with Crippen LogP contribution in [0.5, 0.6) is 0 Å². The van der Waals surface area contributed by atoms with Crippen molar-refractivity contribution >= 4 is 0 Å². The molecule has 0 nitrogen and oxygen atoms in total. The van der Waals surface area contributed by atoms with Crippen LogP contribution in [0.2, 0.25) is 0 Å². The zero-order chi connectivity index (χ0) is 16.1. The van der Waals surface area contributed by atoms with E-state index < -0.39 is 0 Å². The van der Waals surface area contributed by atoms with Crippen LogP contribution in [-0.2, 0) is 0 Å². The van der Waals surface area contributed by atoms with E-state index in [0.717, 1.165) is 5.92 Å². The molecule has 1 radical (unpaired) electrons. The molecular formula is C21H43. The van der Waals surface area contributed by atoms with E-state index in [4.69, 9.17) is 0 Å². The van der Waals surface area contributed by atoms with Crippen molar-refractivity contribution in [2.45, 2.75) is 119 Å². The molecule has 0 bridgehead atoms. The highest BCUT2D eigenvalue weighted by atomic mass is 14.4. The normalized spacial score (nSPS) is 13.9. The summed E-state index contributed by atoms with van der Waals surface area (Å²) in [5.74, 6) is 2.80. The molecule has 21 heavy (non-hydrogen) atoms. The first-order chi connectivity index (χ1) is 10.0. The van der Waals surface area contributed by atoms with Gasteiger partial charge in [-0.2, -0.15) is 0 Å². The van der Waals surface area contributed by atoms with Gasteiger partial charge in [0.2, 0.25) is 0 Å². The molecule has 0 amide bonds. The Morgan fingerprint density at radius 2 is 1.24 bits per heavy atom. The fraction of sp³-hybridized carbons (Fsp3) is 0.952. The minimum atomic E-state index is 0.443. The summed E-state index contributed by atoms with van der Waals surface area (Å²) in [5.41, 5.74) is 0.443. The van der Waals surface area contributed by atoms with Crippen molar-refractivity contribution in [3.8, 4) is 0 Å². The molecule has 0 heteroatoms. The summed E-state index contributed by atoms with van der Waals surface area (Å²) in [6, 6.07) is 0. The van der Waals surface area contributed by atoms with E-state index in [1.807, 2.05) is 5.92 Å². The summed E-state index contributed by atoms with van der Waals surface area (Å²) < 4.78 is 0. The van der Waals surface area contributed by atoms with Gasteiger partial charge in [-0.15, -0.1) is 0 Å². The Bertz CT molecular complexity index is 216. The standard InChI is InChI=1S/C21H43/c1-7-11-14-17-19(16-13-9-3)20(18-15-12-8-2)21(5,6)10-4/h19H,7-18H2,1-6H3. The van der Waals surface area contributed by atoms with Gasteiger partial charge >= 0.3 is 0 Å². The van der Waals surface area contributed by atoms with Gasteiger partial charge < -0.3 is 0 Å². The number of unbranched alkanes of at least 4 members (excludes halogenated alkanes) is 5. The van der Waals surface area contributed by atoms with Gasteiger partial charge in [-0.25, -0.2) is 0 Å². The van der Waals surface area contributed by atoms with Crippen molar-refractivity contribution in [2.24, 2.45) is 11.3 Å². The zero-order valence-corrected chi connectivity index (χ0v) is 16.1. The predicted octanol–water partition coefficient (Wildman–Crippen LogP) is 7.96. The van der Waals surface area contributed by atoms with Crippen molar-refractivity contribution in [3.63, 3.8) is 0 Å². The van der Waals surface area contributed by atoms with Crippen LogP contribution in [0.15, 0.2) is 0 Å². The molecule has 1 unspecified atom stereocenters. The van der Waals surface area contributed by atoms with Crippen LogP contribution in [0, 0.1) is 17.3 Å². The largest absolute Gasteiger partial charge is 0.0654 e. The van der Waals surface area contributed by atoms with E-state index in [1.54, 1.807) is 0 Å². The van der Waals surface area contributed by atoms with Crippen molar-refractivity contribution in [1.29, 1.82) is 0 Å². The van der Waals surface area contributed by atoms with Crippen LogP contribution in [0.25, 0.3) is 0 Å². The van der Waals surface area contributed by atoms with E-state index in [-0.39, 0.29) is 0 Å². The first-order valence-corrected chi connectivity index (χ1v) is 9.89. The molecule has 0 rings (SSSR count). The van der Waals surface area contributed by atoms with Crippen LogP contribution >= 0.6 is 0 Å². The van der Waals surface area contributed by atoms with Crippen molar-refractivity contribution in [2.75, 3.05) is 0 Å². The van der Waals surface area contributed by atoms with E-state index >= 15 is 0 Å². The van der Waals surface area contributed by atoms with Crippen LogP contribution < -0.4 is 0 Å². The van der Waals surface area contributed by atoms with Gasteiger partial charge in [-0.1, -0.05) is 99.3 Å². The molecule has 0 saturated carbocycles. The van der Waals surface area contributed by atoms with E-state index in [1.165, 1.54) is 77.0 Å². The van der Waals surface area contributed by atoms with E-state index in [9.17, 15) is 0 Å². The third-order valence-corrected chi connectivity index (χ3v) is 5.36. The summed E-state index contributed by atoms with van der Waals surface area (Å²) in [4.78, 5) is 0. The molecule has 0 spiro atoms. The Kier molecular flexibility index (Phi) is 12.5. The highest BCUT2D eigenvalue weighted by molar-refractivity contribution is 5.06. The highest BCUT2D eigenvalue weighted by Gasteiger charge is 2.33. The minimum absolute atomic E-state index is 0.443. The topological polar surface area (TPSA) is 0 Å². The minimum Gasteiger partial charge on any atom is -0.0654 e. The van der Waals surface area contributed by atoms with Gasteiger partial charge in [0.15, 0.2) is 0 Å². The molecule has 127 valence electrons. The van der Waals surface area contributed by atoms with E-state index in [0.29, 0.717) is 5.41 Å². The first-order valence-electron chi connectivity index (χ1n) is 9.89. The number of hydrogen-bond acceptors (Lipinski definition) is 0. The molecule has 1 atom stereocenters. The lowest BCUT2D eigenvalue weighted by Gasteiger charge is -2.39. The number of hydrogen-bond donors (Lipinski definition) is 0. The van der Waals surface area contributed by atoms with Gasteiger partial charge in [0, 0.05) is 0 Å². The Morgan fingerprint density at radius 3 is 1.76 bits per heavy atom. The summed E-state index contributed by atoms with van der Waals surface area (Å²) in [7, 11) is 0. The van der Waals surface area contributed by atoms with E-state index in [2.05, 4.69) is 41.5 Å². The van der Waals surface area contributed by atoms with Crippen molar-refractivity contribution in [1.82, 2.24) is 0 Å². The molecule has 0 aromatic rings. The van der Waals surface area contributed by atoms with Gasteiger partial charge in [0.05, 0.1) is 0 Å². The molecule has 0 heterocycles. The second-order valence-electron chi connectivity index (χ2n) is 7.55. The molecule has 0 saturated heterocycles. The Balaban J connectivity index is 4.77. The highest BCUT2D eigenvalue weighted by Crippen LogP contribution is 2.44. The van der Waals surface area contributed by atoms with Crippen molar-refractivity contribution < 1.29 is 0 Å². The van der Waals surface area contributed by atoms with Gasteiger partial charge in [0.25, 0.3) is 0 Å². The predicted molar refractivity (Wildman–Crippen MR) is 98.6 cm³/mol. The Morgan fingerprint density at radius 1 is 0.714 bits per heavy atom. The maximum atomic E-state index is 2.49. The maximum Gasteiger partial charge on any atom is -0.0154 e. The molecule has 0 aliphatic rings. The quantitative estimate of drug-likeness (QED) is 0.285. The molecule has 0 fully saturated rings. The third-order valence-electron chi connectivity index (χ3n) is 5.36. The molecule has 0 aromatic carbocycles. The fourth-order valence-corrected chi connectivity index (χ4v) is 3.47. The van der Waals surface area contributed by atoms with Crippen LogP contribution in [0.4, 0.5) is 0 Å². The van der Waals surface area contributed by atoms with Crippen LogP contribution in [0.1, 0.15) is 119 Å². The maximum absolute atomic E-state index is 2.49.